The van der Waals surface area contributed by atoms with Crippen molar-refractivity contribution < 1.29 is 9.90 Å². The predicted molar refractivity (Wildman–Crippen MR) is 106 cm³/mol. The van der Waals surface area contributed by atoms with E-state index >= 15 is 0 Å². The van der Waals surface area contributed by atoms with Crippen molar-refractivity contribution >= 4 is 23.6 Å². The van der Waals surface area contributed by atoms with Gasteiger partial charge in [0.2, 0.25) is 0 Å². The normalized spacial score (nSPS) is 18.3. The number of benzene rings is 2. The minimum atomic E-state index is -0.267. The fraction of sp³-hybridized carbons (Fsp3) is 0.273. The van der Waals surface area contributed by atoms with Crippen molar-refractivity contribution in [2.45, 2.75) is 32.7 Å². The predicted octanol–water partition coefficient (Wildman–Crippen LogP) is 5.70. The number of ketones is 1. The molecule has 2 aromatic carbocycles. The van der Waals surface area contributed by atoms with Gasteiger partial charge in [0, 0.05) is 24.1 Å². The highest BCUT2D eigenvalue weighted by molar-refractivity contribution is 6.30. The van der Waals surface area contributed by atoms with Gasteiger partial charge in [0.1, 0.15) is 5.76 Å². The van der Waals surface area contributed by atoms with Crippen LogP contribution in [0.5, 0.6) is 0 Å². The van der Waals surface area contributed by atoms with E-state index in [4.69, 9.17) is 11.6 Å². The first-order valence-electron chi connectivity index (χ1n) is 8.65. The Morgan fingerprint density at radius 1 is 1.04 bits per heavy atom. The lowest BCUT2D eigenvalue weighted by Crippen LogP contribution is -2.26. The largest absolute Gasteiger partial charge is 0.511 e. The molecule has 1 N–H and O–H groups in total. The first-order valence-corrected chi connectivity index (χ1v) is 9.02. The van der Waals surface area contributed by atoms with E-state index in [0.29, 0.717) is 23.4 Å². The molecule has 0 saturated carbocycles. The number of aliphatic hydroxyl groups is 1. The molecule has 1 aliphatic carbocycles. The molecule has 0 saturated heterocycles. The zero-order valence-electron chi connectivity index (χ0n) is 14.9. The van der Waals surface area contributed by atoms with E-state index in [-0.39, 0.29) is 23.0 Å². The van der Waals surface area contributed by atoms with Gasteiger partial charge in [-0.1, -0.05) is 67.9 Å². The van der Waals surface area contributed by atoms with Crippen molar-refractivity contribution in [2.75, 3.05) is 0 Å². The number of hydrogen-bond acceptors (Lipinski definition) is 3. The first kappa shape index (κ1) is 18.4. The van der Waals surface area contributed by atoms with E-state index in [1.807, 2.05) is 68.4 Å². The summed E-state index contributed by atoms with van der Waals surface area (Å²) in [6.07, 6.45) is 2.42. The van der Waals surface area contributed by atoms with Crippen LogP contribution >= 0.6 is 11.6 Å². The number of aliphatic hydroxyl groups excluding tert-OH is 1. The van der Waals surface area contributed by atoms with Crippen LogP contribution in [0, 0.1) is 5.41 Å². The van der Waals surface area contributed by atoms with Crippen LogP contribution in [0.3, 0.4) is 0 Å². The van der Waals surface area contributed by atoms with Gasteiger partial charge in [0.05, 0.1) is 11.6 Å². The minimum Gasteiger partial charge on any atom is -0.511 e. The Kier molecular flexibility index (Phi) is 5.28. The molecule has 2 aromatic rings. The molecule has 0 heterocycles. The fourth-order valence-corrected chi connectivity index (χ4v) is 3.37. The first-order chi connectivity index (χ1) is 12.4. The second kappa shape index (κ2) is 7.46. The third-order valence-electron chi connectivity index (χ3n) is 4.55. The number of carbonyl (C=O) groups is 1. The van der Waals surface area contributed by atoms with Crippen LogP contribution in [0.1, 0.15) is 43.9 Å². The second-order valence-corrected chi connectivity index (χ2v) is 7.88. The molecule has 0 spiro atoms. The molecule has 134 valence electrons. The van der Waals surface area contributed by atoms with Gasteiger partial charge >= 0.3 is 0 Å². The molecule has 0 aliphatic heterocycles. The molecule has 1 aliphatic rings. The summed E-state index contributed by atoms with van der Waals surface area (Å²) < 4.78 is 0. The van der Waals surface area contributed by atoms with Crippen LogP contribution in [0.4, 0.5) is 0 Å². The molecule has 0 amide bonds. The van der Waals surface area contributed by atoms with Crippen molar-refractivity contribution in [1.82, 2.24) is 0 Å². The van der Waals surface area contributed by atoms with Crippen molar-refractivity contribution in [3.63, 3.8) is 0 Å². The van der Waals surface area contributed by atoms with Crippen molar-refractivity contribution in [2.24, 2.45) is 10.4 Å². The molecule has 0 fully saturated rings. The Morgan fingerprint density at radius 3 is 2.27 bits per heavy atom. The summed E-state index contributed by atoms with van der Waals surface area (Å²) in [5.74, 6) is 0.0586. The Bertz CT molecular complexity index is 851. The van der Waals surface area contributed by atoms with Crippen LogP contribution in [0.2, 0.25) is 5.02 Å². The summed E-state index contributed by atoms with van der Waals surface area (Å²) in [7, 11) is 0. The number of aliphatic imine (C=N–C) groups is 1. The molecule has 0 bridgehead atoms. The third kappa shape index (κ3) is 4.23. The zero-order valence-corrected chi connectivity index (χ0v) is 15.7. The SMILES string of the molecule is CC1(C)CC(=O)C(C=NC(c2ccccc2)c2ccc(Cl)cc2)=C(O)C1. The van der Waals surface area contributed by atoms with Crippen molar-refractivity contribution in [3.8, 4) is 0 Å². The molecule has 0 aromatic heterocycles. The number of nitrogens with zero attached hydrogens (tertiary/aromatic N) is 1. The average Bonchev–Trinajstić information content (AvgIpc) is 2.58. The lowest BCUT2D eigenvalue weighted by Gasteiger charge is -2.28. The van der Waals surface area contributed by atoms with Gasteiger partial charge in [0.25, 0.3) is 0 Å². The van der Waals surface area contributed by atoms with Gasteiger partial charge in [-0.2, -0.15) is 0 Å². The number of halogens is 1. The lowest BCUT2D eigenvalue weighted by atomic mass is 9.77. The van der Waals surface area contributed by atoms with Crippen LogP contribution in [-0.2, 0) is 4.79 Å². The lowest BCUT2D eigenvalue weighted by molar-refractivity contribution is -0.117. The summed E-state index contributed by atoms with van der Waals surface area (Å²) in [4.78, 5) is 17.1. The van der Waals surface area contributed by atoms with Crippen LogP contribution in [0.15, 0.2) is 70.9 Å². The highest BCUT2D eigenvalue weighted by Crippen LogP contribution is 2.35. The molecule has 1 unspecified atom stereocenters. The molecule has 0 radical (unpaired) electrons. The van der Waals surface area contributed by atoms with Crippen LogP contribution in [-0.4, -0.2) is 17.1 Å². The zero-order chi connectivity index (χ0) is 18.7. The van der Waals surface area contributed by atoms with E-state index in [0.717, 1.165) is 11.1 Å². The number of allylic oxidation sites excluding steroid dienone is 2. The Balaban J connectivity index is 1.97. The fourth-order valence-electron chi connectivity index (χ4n) is 3.24. The average molecular weight is 368 g/mol. The van der Waals surface area contributed by atoms with Crippen LogP contribution in [0.25, 0.3) is 0 Å². The maximum Gasteiger partial charge on any atom is 0.168 e. The Hall–Kier alpha value is -2.39. The molecular formula is C22H22ClNO2. The topological polar surface area (TPSA) is 49.7 Å². The monoisotopic (exact) mass is 367 g/mol. The molecule has 1 atom stereocenters. The number of carbonyl (C=O) groups excluding carboxylic acids is 1. The summed E-state index contributed by atoms with van der Waals surface area (Å²) in [5.41, 5.74) is 2.09. The van der Waals surface area contributed by atoms with Gasteiger partial charge in [-0.15, -0.1) is 0 Å². The van der Waals surface area contributed by atoms with Gasteiger partial charge in [0.15, 0.2) is 5.78 Å². The van der Waals surface area contributed by atoms with Gasteiger partial charge < -0.3 is 5.11 Å². The summed E-state index contributed by atoms with van der Waals surface area (Å²) in [6, 6.07) is 17.1. The summed E-state index contributed by atoms with van der Waals surface area (Å²) in [6.45, 7) is 3.96. The maximum absolute atomic E-state index is 12.4. The van der Waals surface area contributed by atoms with Gasteiger partial charge in [-0.25, -0.2) is 0 Å². The highest BCUT2D eigenvalue weighted by atomic mass is 35.5. The highest BCUT2D eigenvalue weighted by Gasteiger charge is 2.32. The molecule has 3 rings (SSSR count). The van der Waals surface area contributed by atoms with Gasteiger partial charge in [-0.3, -0.25) is 9.79 Å². The number of hydrogen-bond donors (Lipinski definition) is 1. The Morgan fingerprint density at radius 2 is 1.65 bits per heavy atom. The Labute approximate surface area is 159 Å². The summed E-state index contributed by atoms with van der Waals surface area (Å²) in [5, 5.41) is 11.0. The van der Waals surface area contributed by atoms with E-state index in [9.17, 15) is 9.90 Å². The van der Waals surface area contributed by atoms with Gasteiger partial charge in [-0.05, 0) is 28.7 Å². The summed E-state index contributed by atoms with van der Waals surface area (Å²) >= 11 is 6.00. The van der Waals surface area contributed by atoms with E-state index in [1.54, 1.807) is 0 Å². The molecule has 3 nitrogen and oxygen atoms in total. The quantitative estimate of drug-likeness (QED) is 0.704. The third-order valence-corrected chi connectivity index (χ3v) is 4.80. The smallest absolute Gasteiger partial charge is 0.168 e. The standard InChI is InChI=1S/C22H22ClNO2/c1-22(2)12-19(25)18(20(26)13-22)14-24-21(15-6-4-3-5-7-15)16-8-10-17(23)11-9-16/h3-11,14,21,25H,12-13H2,1-2H3. The molecule has 26 heavy (non-hydrogen) atoms. The van der Waals surface area contributed by atoms with E-state index in [2.05, 4.69) is 4.99 Å². The number of rotatable bonds is 4. The maximum atomic E-state index is 12.4. The van der Waals surface area contributed by atoms with E-state index in [1.165, 1.54) is 6.21 Å². The molecule has 4 heteroatoms. The number of Topliss-reactive ketones (excluding diaryl/α,β-unsaturated/α-hetero) is 1. The van der Waals surface area contributed by atoms with Crippen LogP contribution < -0.4 is 0 Å². The van der Waals surface area contributed by atoms with Crippen molar-refractivity contribution in [3.05, 3.63) is 82.1 Å². The van der Waals surface area contributed by atoms with E-state index < -0.39 is 0 Å². The minimum absolute atomic E-state index is 0.0644. The van der Waals surface area contributed by atoms with Crippen molar-refractivity contribution in [1.29, 1.82) is 0 Å². The second-order valence-electron chi connectivity index (χ2n) is 7.44. The molecular weight excluding hydrogens is 346 g/mol.